The second kappa shape index (κ2) is 34.0. The van der Waals surface area contributed by atoms with Gasteiger partial charge < -0.3 is 76.9 Å². The van der Waals surface area contributed by atoms with Gasteiger partial charge in [-0.3, -0.25) is 33.6 Å². The average Bonchev–Trinajstić information content (AvgIpc) is 0.745. The molecule has 494 valence electrons. The molecule has 92 heavy (non-hydrogen) atoms. The maximum Gasteiger partial charge on any atom is 0.366 e. The fourth-order valence-corrected chi connectivity index (χ4v) is 10.1. The molecule has 0 bridgehead atoms. The highest BCUT2D eigenvalue weighted by molar-refractivity contribution is 5.91. The van der Waals surface area contributed by atoms with Gasteiger partial charge in [0.05, 0.1) is 54.5 Å². The summed E-state index contributed by atoms with van der Waals surface area (Å²) in [5.41, 5.74) is 0.0261. The van der Waals surface area contributed by atoms with Crippen LogP contribution < -0.4 is 10.6 Å². The van der Waals surface area contributed by atoms with E-state index in [9.17, 15) is 52.7 Å². The number of hydrogen-bond acceptors (Lipinski definition) is 26. The van der Waals surface area contributed by atoms with Gasteiger partial charge in [0.2, 0.25) is 11.8 Å². The monoisotopic (exact) mass is 1280 g/mol. The molecule has 2 N–H and O–H groups in total. The number of ether oxygens (including phenoxy) is 14. The number of carbonyl (C=O) groups excluding carboxylic acids is 12. The van der Waals surface area contributed by atoms with E-state index in [-0.39, 0.29) is 28.7 Å². The van der Waals surface area contributed by atoms with Gasteiger partial charge in [0, 0.05) is 48.5 Å². The van der Waals surface area contributed by atoms with Crippen molar-refractivity contribution in [2.24, 2.45) is 0 Å². The second-order valence-electron chi connectivity index (χ2n) is 20.9. The minimum atomic E-state index is -3.17. The fourth-order valence-electron chi connectivity index (χ4n) is 10.1. The number of esters is 10. The van der Waals surface area contributed by atoms with Crippen LogP contribution >= 0.6 is 0 Å². The van der Waals surface area contributed by atoms with Crippen molar-refractivity contribution in [3.63, 3.8) is 0 Å². The van der Waals surface area contributed by atoms with Crippen LogP contribution in [-0.4, -0.2) is 184 Å². The lowest BCUT2D eigenvalue weighted by atomic mass is 9.87. The number of rotatable bonds is 28. The van der Waals surface area contributed by atoms with Gasteiger partial charge in [0.15, 0.2) is 36.8 Å². The Labute approximate surface area is 528 Å². The Bertz CT molecular complexity index is 3220. The van der Waals surface area contributed by atoms with Crippen molar-refractivity contribution in [2.45, 2.75) is 153 Å². The summed E-state index contributed by atoms with van der Waals surface area (Å²) >= 11 is 0. The van der Waals surface area contributed by atoms with Crippen LogP contribution in [0.25, 0.3) is 0 Å². The lowest BCUT2D eigenvalue weighted by molar-refractivity contribution is -0.370. The fraction of sp³-hybridized carbons (Fsp3) is 0.438. The molecule has 2 aliphatic heterocycles. The van der Waals surface area contributed by atoms with Gasteiger partial charge >= 0.3 is 59.7 Å². The van der Waals surface area contributed by atoms with Gasteiger partial charge in [0.1, 0.15) is 43.7 Å². The molecule has 28 heteroatoms. The summed E-state index contributed by atoms with van der Waals surface area (Å²) in [7, 11) is 0.862. The Kier molecular flexibility index (Phi) is 26.4. The number of hydrogen-bond donors (Lipinski definition) is 2. The van der Waals surface area contributed by atoms with Crippen molar-refractivity contribution < 1.29 is 124 Å². The minimum absolute atomic E-state index is 0.0231. The molecule has 0 aromatic heterocycles. The molecular weight excluding hydrogens is 1210 g/mol. The molecule has 4 aromatic carbocycles. The molecule has 0 spiro atoms. The van der Waals surface area contributed by atoms with Gasteiger partial charge in [-0.25, -0.2) is 24.0 Å². The van der Waals surface area contributed by atoms with E-state index in [1.165, 1.54) is 72.8 Å². The zero-order valence-corrected chi connectivity index (χ0v) is 51.7. The van der Waals surface area contributed by atoms with Crippen molar-refractivity contribution >= 4 is 71.5 Å². The minimum Gasteiger partial charge on any atom is -0.465 e. The van der Waals surface area contributed by atoms with Crippen molar-refractivity contribution in [1.82, 2.24) is 10.6 Å². The summed E-state index contributed by atoms with van der Waals surface area (Å²) in [5.74, 6) is -15.5. The normalized spacial score (nSPS) is 22.4. The van der Waals surface area contributed by atoms with Gasteiger partial charge in [-0.15, -0.1) is 0 Å². The molecule has 2 amide bonds. The Hall–Kier alpha value is -9.64. The first-order valence-corrected chi connectivity index (χ1v) is 28.9. The van der Waals surface area contributed by atoms with E-state index in [2.05, 4.69) is 10.6 Å². The van der Waals surface area contributed by atoms with E-state index in [1.54, 1.807) is 55.5 Å². The van der Waals surface area contributed by atoms with Crippen LogP contribution in [0.3, 0.4) is 0 Å². The third kappa shape index (κ3) is 20.2. The zero-order chi connectivity index (χ0) is 67.2. The van der Waals surface area contributed by atoms with Crippen molar-refractivity contribution in [3.05, 3.63) is 144 Å². The number of amides is 2. The number of carbonyl (C=O) groups is 12. The van der Waals surface area contributed by atoms with E-state index in [0.717, 1.165) is 55.6 Å². The summed E-state index contributed by atoms with van der Waals surface area (Å²) in [6.45, 7) is 5.90. The van der Waals surface area contributed by atoms with Crippen LogP contribution in [0.4, 0.5) is 0 Å². The molecule has 6 rings (SSSR count). The molecule has 14 atom stereocenters. The largest absolute Gasteiger partial charge is 0.465 e. The number of benzene rings is 4. The molecule has 28 nitrogen and oxygen atoms in total. The Morgan fingerprint density at radius 2 is 1.05 bits per heavy atom. The molecule has 2 fully saturated rings. The van der Waals surface area contributed by atoms with Crippen molar-refractivity contribution in [3.8, 4) is 0 Å². The van der Waals surface area contributed by atoms with Crippen LogP contribution in [0.15, 0.2) is 121 Å². The van der Waals surface area contributed by atoms with Crippen molar-refractivity contribution in [1.29, 1.82) is 0 Å². The lowest BCUT2D eigenvalue weighted by Crippen LogP contribution is -2.72. The first-order chi connectivity index (χ1) is 43.8. The Morgan fingerprint density at radius 1 is 0.533 bits per heavy atom. The lowest BCUT2D eigenvalue weighted by Gasteiger charge is -2.51. The molecule has 5 unspecified atom stereocenters. The summed E-state index contributed by atoms with van der Waals surface area (Å²) in [6, 6.07) is 26.9. The third-order valence-electron chi connectivity index (χ3n) is 13.9. The van der Waals surface area contributed by atoms with Crippen LogP contribution in [-0.2, 0) is 105 Å². The summed E-state index contributed by atoms with van der Waals surface area (Å²) in [6.07, 6.45) is -22.5. The van der Waals surface area contributed by atoms with Crippen molar-refractivity contribution in [2.75, 3.05) is 26.9 Å². The van der Waals surface area contributed by atoms with E-state index < -0.39 is 183 Å². The SMILES string of the molecule is CC[C@@H](OC(=O)c1ccccc1)[C@@H](OC(=O)c1ccccc1)[C@H](CO[C@@H]1OC(COC(=O)c2ccccc2)[C@H](OC(C)=O)C(O[C@]2(C(=O)OC)CC(OC(C)=O)[C@@H](NC(C)=O)C([C@H](OC(C)=O)[C@@H](COC(C)=O)OC(C)=O)O2)C1OC(=O)c1ccccc1)NC(C)=O. The van der Waals surface area contributed by atoms with E-state index in [4.69, 9.17) is 66.3 Å². The highest BCUT2D eigenvalue weighted by Crippen LogP contribution is 2.42. The zero-order valence-electron chi connectivity index (χ0n) is 51.7. The predicted molar refractivity (Wildman–Crippen MR) is 312 cm³/mol. The number of nitrogens with one attached hydrogen (secondary N) is 2. The Balaban J connectivity index is 1.61. The maximum absolute atomic E-state index is 15.1. The molecule has 0 radical (unpaired) electrons. The summed E-state index contributed by atoms with van der Waals surface area (Å²) < 4.78 is 84.5. The standard InChI is InChI=1S/C64H72N2O26/c1-10-47(87-59(75)43-25-17-12-18-26-43)52(89-60(76)44-27-19-13-20-28-44)46(65-35(2)67)32-82-62-57(90-61(77)45-29-21-14-22-30-45)56(54(86-41(8)73)50(88-62)34-81-58(74)42-23-15-11-16-24-42)92-64(63(78)79-9)31-48(83-38(5)70)51(66-36(3)68)55(91-64)53(85-40(7)72)49(84-39(6)71)33-80-37(4)69/h11-30,46-57,62H,10,31-34H2,1-9H3,(H,65,67)(H,66,68)/t46-,47+,48?,49+,50?,51+,52-,53+,54-,55?,56?,57?,62+,64-/m0/s1. The molecule has 0 aliphatic carbocycles. The average molecular weight is 1290 g/mol. The van der Waals surface area contributed by atoms with E-state index in [0.29, 0.717) is 0 Å². The number of methoxy groups -OCH3 is 1. The topological polar surface area (TPSA) is 358 Å². The third-order valence-corrected chi connectivity index (χ3v) is 13.9. The summed E-state index contributed by atoms with van der Waals surface area (Å²) in [5, 5.41) is 5.24. The first-order valence-electron chi connectivity index (χ1n) is 28.9. The predicted octanol–water partition coefficient (Wildman–Crippen LogP) is 4.01. The molecule has 0 saturated carbocycles. The van der Waals surface area contributed by atoms with Gasteiger partial charge in [-0.1, -0.05) is 79.7 Å². The van der Waals surface area contributed by atoms with Crippen LogP contribution in [0.5, 0.6) is 0 Å². The highest BCUT2D eigenvalue weighted by atomic mass is 16.8. The first kappa shape index (κ1) is 71.4. The molecule has 2 saturated heterocycles. The summed E-state index contributed by atoms with van der Waals surface area (Å²) in [4.78, 5) is 163. The highest BCUT2D eigenvalue weighted by Gasteiger charge is 2.63. The van der Waals surface area contributed by atoms with E-state index >= 15 is 4.79 Å². The van der Waals surface area contributed by atoms with Gasteiger partial charge in [0.25, 0.3) is 5.79 Å². The van der Waals surface area contributed by atoms with Crippen LogP contribution in [0.2, 0.25) is 0 Å². The van der Waals surface area contributed by atoms with Crippen LogP contribution in [0.1, 0.15) is 110 Å². The maximum atomic E-state index is 15.1. The molecule has 2 aliphatic rings. The van der Waals surface area contributed by atoms with Gasteiger partial charge in [-0.05, 0) is 55.0 Å². The molecule has 4 aromatic rings. The Morgan fingerprint density at radius 3 is 1.53 bits per heavy atom. The second-order valence-corrected chi connectivity index (χ2v) is 20.9. The van der Waals surface area contributed by atoms with Crippen LogP contribution in [0, 0.1) is 0 Å². The smallest absolute Gasteiger partial charge is 0.366 e. The quantitative estimate of drug-likeness (QED) is 0.0599. The van der Waals surface area contributed by atoms with Gasteiger partial charge in [-0.2, -0.15) is 0 Å². The van der Waals surface area contributed by atoms with E-state index in [1.807, 2.05) is 0 Å². The molecular formula is C64H72N2O26. The molecule has 2 heterocycles.